The maximum atomic E-state index is 11.3. The van der Waals surface area contributed by atoms with Crippen LogP contribution in [0.15, 0.2) is 0 Å². The molecule has 1 amide bonds. The summed E-state index contributed by atoms with van der Waals surface area (Å²) in [6.45, 7) is 2.95. The van der Waals surface area contributed by atoms with Gasteiger partial charge in [0.15, 0.2) is 0 Å². The van der Waals surface area contributed by atoms with E-state index in [4.69, 9.17) is 0 Å². The Labute approximate surface area is 79.3 Å². The summed E-state index contributed by atoms with van der Waals surface area (Å²) in [6.07, 6.45) is 5.51. The predicted octanol–water partition coefficient (Wildman–Crippen LogP) is 0.797. The molecule has 0 saturated heterocycles. The van der Waals surface area contributed by atoms with Gasteiger partial charge in [0, 0.05) is 24.5 Å². The van der Waals surface area contributed by atoms with Crippen molar-refractivity contribution in [2.45, 2.75) is 50.6 Å². The van der Waals surface area contributed by atoms with Crippen LogP contribution < -0.4 is 10.6 Å². The van der Waals surface area contributed by atoms with Crippen molar-refractivity contribution in [3.8, 4) is 0 Å². The van der Waals surface area contributed by atoms with E-state index in [1.54, 1.807) is 0 Å². The van der Waals surface area contributed by atoms with Crippen molar-refractivity contribution in [2.75, 3.05) is 6.54 Å². The fourth-order valence-corrected chi connectivity index (χ4v) is 1.39. The van der Waals surface area contributed by atoms with E-state index in [2.05, 4.69) is 17.6 Å². The van der Waals surface area contributed by atoms with Crippen molar-refractivity contribution in [3.05, 3.63) is 0 Å². The van der Waals surface area contributed by atoms with Crippen LogP contribution in [0.3, 0.4) is 0 Å². The Morgan fingerprint density at radius 1 is 1.46 bits per heavy atom. The van der Waals surface area contributed by atoms with Crippen LogP contribution in [0, 0.1) is 0 Å². The third-order valence-electron chi connectivity index (χ3n) is 2.80. The molecule has 0 unspecified atom stereocenters. The molecule has 2 saturated carbocycles. The van der Waals surface area contributed by atoms with Gasteiger partial charge in [0.05, 0.1) is 0 Å². The van der Waals surface area contributed by atoms with Gasteiger partial charge in [-0.1, -0.05) is 0 Å². The summed E-state index contributed by atoms with van der Waals surface area (Å²) >= 11 is 0. The second-order valence-corrected chi connectivity index (χ2v) is 4.59. The van der Waals surface area contributed by atoms with Crippen molar-refractivity contribution in [1.82, 2.24) is 10.6 Å². The lowest BCUT2D eigenvalue weighted by atomic mass is 10.3. The van der Waals surface area contributed by atoms with Crippen LogP contribution >= 0.6 is 0 Å². The minimum absolute atomic E-state index is 0.149. The van der Waals surface area contributed by atoms with Crippen molar-refractivity contribution in [3.63, 3.8) is 0 Å². The van der Waals surface area contributed by atoms with Gasteiger partial charge in [-0.3, -0.25) is 4.79 Å². The van der Waals surface area contributed by atoms with Crippen LogP contribution in [0.25, 0.3) is 0 Å². The van der Waals surface area contributed by atoms with Gasteiger partial charge in [-0.05, 0) is 32.6 Å². The summed E-state index contributed by atoms with van der Waals surface area (Å²) in [5.74, 6) is 0.202. The first-order valence-corrected chi connectivity index (χ1v) is 5.22. The minimum atomic E-state index is 0.149. The van der Waals surface area contributed by atoms with Crippen molar-refractivity contribution in [2.24, 2.45) is 0 Å². The fraction of sp³-hybridized carbons (Fsp3) is 0.900. The number of hydrogen-bond donors (Lipinski definition) is 2. The molecule has 2 aliphatic rings. The molecule has 0 radical (unpaired) electrons. The average molecular weight is 182 g/mol. The van der Waals surface area contributed by atoms with Gasteiger partial charge >= 0.3 is 0 Å². The van der Waals surface area contributed by atoms with Crippen LogP contribution in [0.5, 0.6) is 0 Å². The van der Waals surface area contributed by atoms with E-state index < -0.39 is 0 Å². The molecule has 3 nitrogen and oxygen atoms in total. The number of nitrogens with one attached hydrogen (secondary N) is 2. The van der Waals surface area contributed by atoms with Gasteiger partial charge in [0.1, 0.15) is 0 Å². The second kappa shape index (κ2) is 3.29. The first kappa shape index (κ1) is 9.00. The second-order valence-electron chi connectivity index (χ2n) is 4.59. The van der Waals surface area contributed by atoms with E-state index in [1.165, 1.54) is 12.8 Å². The quantitative estimate of drug-likeness (QED) is 0.660. The van der Waals surface area contributed by atoms with E-state index in [0.29, 0.717) is 12.5 Å². The zero-order valence-electron chi connectivity index (χ0n) is 8.23. The molecule has 0 aromatic heterocycles. The first-order chi connectivity index (χ1) is 6.18. The van der Waals surface area contributed by atoms with E-state index >= 15 is 0 Å². The maximum Gasteiger partial charge on any atom is 0.221 e. The van der Waals surface area contributed by atoms with Crippen LogP contribution in [0.1, 0.15) is 39.0 Å². The summed E-state index contributed by atoms with van der Waals surface area (Å²) < 4.78 is 0. The van der Waals surface area contributed by atoms with Crippen molar-refractivity contribution in [1.29, 1.82) is 0 Å². The highest BCUT2D eigenvalue weighted by atomic mass is 16.1. The molecule has 2 rings (SSSR count). The Hall–Kier alpha value is -0.570. The summed E-state index contributed by atoms with van der Waals surface area (Å²) in [4.78, 5) is 11.3. The molecule has 74 valence electrons. The zero-order chi connectivity index (χ0) is 9.31. The minimum Gasteiger partial charge on any atom is -0.351 e. The van der Waals surface area contributed by atoms with Gasteiger partial charge in [0.2, 0.25) is 5.91 Å². The van der Waals surface area contributed by atoms with Gasteiger partial charge in [0.25, 0.3) is 0 Å². The summed E-state index contributed by atoms with van der Waals surface area (Å²) in [6, 6.07) is 0.712. The summed E-state index contributed by atoms with van der Waals surface area (Å²) in [5.41, 5.74) is 0.149. The highest BCUT2D eigenvalue weighted by molar-refractivity contribution is 5.77. The molecular formula is C10H18N2O. The highest BCUT2D eigenvalue weighted by Crippen LogP contribution is 2.34. The molecule has 0 aliphatic heterocycles. The van der Waals surface area contributed by atoms with Gasteiger partial charge in [-0.2, -0.15) is 0 Å². The SMILES string of the molecule is CC1(NC(=O)CCNC2CC2)CC1. The molecule has 0 bridgehead atoms. The zero-order valence-corrected chi connectivity index (χ0v) is 8.23. The molecule has 0 aromatic rings. The lowest BCUT2D eigenvalue weighted by Gasteiger charge is -2.11. The molecule has 2 aliphatic carbocycles. The van der Waals surface area contributed by atoms with E-state index in [-0.39, 0.29) is 11.4 Å². The fourth-order valence-electron chi connectivity index (χ4n) is 1.39. The Bertz CT molecular complexity index is 207. The molecule has 3 heteroatoms. The number of carbonyl (C=O) groups is 1. The molecule has 0 spiro atoms. The average Bonchev–Trinajstić information content (AvgIpc) is 2.90. The Morgan fingerprint density at radius 3 is 2.69 bits per heavy atom. The van der Waals surface area contributed by atoms with E-state index in [1.807, 2.05) is 0 Å². The molecular weight excluding hydrogens is 164 g/mol. The maximum absolute atomic E-state index is 11.3. The largest absolute Gasteiger partial charge is 0.351 e. The molecule has 13 heavy (non-hydrogen) atoms. The molecule has 2 fully saturated rings. The molecule has 0 heterocycles. The van der Waals surface area contributed by atoms with Crippen molar-refractivity contribution >= 4 is 5.91 Å². The Balaban J connectivity index is 1.55. The highest BCUT2D eigenvalue weighted by Gasteiger charge is 2.38. The van der Waals surface area contributed by atoms with Gasteiger partial charge in [-0.15, -0.1) is 0 Å². The van der Waals surface area contributed by atoms with Crippen LogP contribution in [-0.4, -0.2) is 24.0 Å². The lowest BCUT2D eigenvalue weighted by Crippen LogP contribution is -2.36. The van der Waals surface area contributed by atoms with Gasteiger partial charge < -0.3 is 10.6 Å². The monoisotopic (exact) mass is 182 g/mol. The third kappa shape index (κ3) is 2.99. The number of rotatable bonds is 5. The molecule has 0 aromatic carbocycles. The third-order valence-corrected chi connectivity index (χ3v) is 2.80. The van der Waals surface area contributed by atoms with Crippen LogP contribution in [0.2, 0.25) is 0 Å². The first-order valence-electron chi connectivity index (χ1n) is 5.22. The normalized spacial score (nSPS) is 24.1. The van der Waals surface area contributed by atoms with Crippen LogP contribution in [-0.2, 0) is 4.79 Å². The standard InChI is InChI=1S/C10H18N2O/c1-10(5-6-10)12-9(13)4-7-11-8-2-3-8/h8,11H,2-7H2,1H3,(H,12,13). The summed E-state index contributed by atoms with van der Waals surface area (Å²) in [5, 5.41) is 6.38. The van der Waals surface area contributed by atoms with Gasteiger partial charge in [-0.25, -0.2) is 0 Å². The van der Waals surface area contributed by atoms with E-state index in [9.17, 15) is 4.79 Å². The predicted molar refractivity (Wildman–Crippen MR) is 51.4 cm³/mol. The number of carbonyl (C=O) groups excluding carboxylic acids is 1. The van der Waals surface area contributed by atoms with Crippen LogP contribution in [0.4, 0.5) is 0 Å². The molecule has 2 N–H and O–H groups in total. The number of amides is 1. The summed E-state index contributed by atoms with van der Waals surface area (Å²) in [7, 11) is 0. The van der Waals surface area contributed by atoms with Crippen molar-refractivity contribution < 1.29 is 4.79 Å². The number of hydrogen-bond acceptors (Lipinski definition) is 2. The smallest absolute Gasteiger partial charge is 0.221 e. The van der Waals surface area contributed by atoms with E-state index in [0.717, 1.165) is 19.4 Å². The lowest BCUT2D eigenvalue weighted by molar-refractivity contribution is -0.121. The Morgan fingerprint density at radius 2 is 2.15 bits per heavy atom. The topological polar surface area (TPSA) is 41.1 Å². The Kier molecular flexibility index (Phi) is 2.28. The molecule has 0 atom stereocenters.